The SMILES string of the molecule is Fc1cc(Cl)cc(CN2CCNCC2c2ccncc2)c1. The normalized spacial score (nSPS) is 19.6. The van der Waals surface area contributed by atoms with Crippen LogP contribution in [0.1, 0.15) is 17.2 Å². The second kappa shape index (κ2) is 6.52. The van der Waals surface area contributed by atoms with Crippen LogP contribution in [0.3, 0.4) is 0 Å². The molecule has 0 spiro atoms. The van der Waals surface area contributed by atoms with Gasteiger partial charge in [-0.2, -0.15) is 0 Å². The zero-order valence-corrected chi connectivity index (χ0v) is 12.4. The van der Waals surface area contributed by atoms with Gasteiger partial charge in [0.15, 0.2) is 0 Å². The summed E-state index contributed by atoms with van der Waals surface area (Å²) in [6, 6.07) is 9.05. The number of halogens is 2. The molecule has 2 heterocycles. The van der Waals surface area contributed by atoms with Crippen molar-refractivity contribution in [3.8, 4) is 0 Å². The van der Waals surface area contributed by atoms with E-state index in [1.54, 1.807) is 18.5 Å². The first-order chi connectivity index (χ1) is 10.2. The van der Waals surface area contributed by atoms with Crippen LogP contribution in [-0.4, -0.2) is 29.5 Å². The molecule has 1 aliphatic heterocycles. The van der Waals surface area contributed by atoms with Gasteiger partial charge in [0.05, 0.1) is 0 Å². The van der Waals surface area contributed by atoms with Crippen molar-refractivity contribution in [2.75, 3.05) is 19.6 Å². The molecule has 0 radical (unpaired) electrons. The smallest absolute Gasteiger partial charge is 0.125 e. The number of nitrogens with zero attached hydrogens (tertiary/aromatic N) is 2. The van der Waals surface area contributed by atoms with Crippen LogP contribution in [0.15, 0.2) is 42.7 Å². The second-order valence-electron chi connectivity index (χ2n) is 5.25. The molecule has 0 amide bonds. The molecular weight excluding hydrogens is 289 g/mol. The van der Waals surface area contributed by atoms with Crippen molar-refractivity contribution in [2.24, 2.45) is 0 Å². The summed E-state index contributed by atoms with van der Waals surface area (Å²) >= 11 is 5.94. The molecule has 5 heteroatoms. The molecule has 1 saturated heterocycles. The van der Waals surface area contributed by atoms with E-state index in [4.69, 9.17) is 11.6 Å². The van der Waals surface area contributed by atoms with E-state index in [0.29, 0.717) is 11.6 Å². The fraction of sp³-hybridized carbons (Fsp3) is 0.312. The van der Waals surface area contributed by atoms with Gasteiger partial charge in [-0.25, -0.2) is 4.39 Å². The van der Waals surface area contributed by atoms with Crippen molar-refractivity contribution in [3.05, 3.63) is 64.7 Å². The minimum absolute atomic E-state index is 0.267. The van der Waals surface area contributed by atoms with Gasteiger partial charge in [0, 0.05) is 49.6 Å². The van der Waals surface area contributed by atoms with Crippen molar-refractivity contribution in [1.29, 1.82) is 0 Å². The number of aromatic nitrogens is 1. The van der Waals surface area contributed by atoms with Crippen LogP contribution in [0.25, 0.3) is 0 Å². The van der Waals surface area contributed by atoms with Gasteiger partial charge in [-0.05, 0) is 41.5 Å². The van der Waals surface area contributed by atoms with E-state index in [1.165, 1.54) is 11.6 Å². The summed E-state index contributed by atoms with van der Waals surface area (Å²) in [5.41, 5.74) is 2.13. The molecule has 0 aliphatic carbocycles. The van der Waals surface area contributed by atoms with Gasteiger partial charge in [-0.15, -0.1) is 0 Å². The Morgan fingerprint density at radius 2 is 2.10 bits per heavy atom. The van der Waals surface area contributed by atoms with Crippen LogP contribution >= 0.6 is 11.6 Å². The summed E-state index contributed by atoms with van der Waals surface area (Å²) in [6.45, 7) is 3.42. The highest BCUT2D eigenvalue weighted by Gasteiger charge is 2.23. The molecule has 3 rings (SSSR count). The molecule has 1 fully saturated rings. The van der Waals surface area contributed by atoms with Crippen molar-refractivity contribution in [2.45, 2.75) is 12.6 Å². The summed E-state index contributed by atoms with van der Waals surface area (Å²) in [7, 11) is 0. The summed E-state index contributed by atoms with van der Waals surface area (Å²) in [5, 5.41) is 3.85. The monoisotopic (exact) mass is 305 g/mol. The largest absolute Gasteiger partial charge is 0.314 e. The van der Waals surface area contributed by atoms with E-state index in [2.05, 4.69) is 15.2 Å². The molecule has 21 heavy (non-hydrogen) atoms. The topological polar surface area (TPSA) is 28.2 Å². The van der Waals surface area contributed by atoms with Gasteiger partial charge in [-0.1, -0.05) is 11.6 Å². The van der Waals surface area contributed by atoms with E-state index in [-0.39, 0.29) is 11.9 Å². The lowest BCUT2D eigenvalue weighted by molar-refractivity contribution is 0.153. The quantitative estimate of drug-likeness (QED) is 0.945. The van der Waals surface area contributed by atoms with Crippen molar-refractivity contribution >= 4 is 11.6 Å². The number of pyridine rings is 1. The number of benzene rings is 1. The Balaban J connectivity index is 1.81. The number of hydrogen-bond acceptors (Lipinski definition) is 3. The maximum atomic E-state index is 13.5. The molecule has 1 aliphatic rings. The predicted octanol–water partition coefficient (Wildman–Crippen LogP) is 3.02. The third-order valence-corrected chi connectivity index (χ3v) is 3.97. The maximum absolute atomic E-state index is 13.5. The zero-order valence-electron chi connectivity index (χ0n) is 11.6. The Kier molecular flexibility index (Phi) is 4.48. The highest BCUT2D eigenvalue weighted by Crippen LogP contribution is 2.25. The number of piperazine rings is 1. The Hall–Kier alpha value is -1.49. The van der Waals surface area contributed by atoms with Crippen molar-refractivity contribution in [1.82, 2.24) is 15.2 Å². The van der Waals surface area contributed by atoms with Gasteiger partial charge in [0.25, 0.3) is 0 Å². The van der Waals surface area contributed by atoms with Crippen LogP contribution in [-0.2, 0) is 6.54 Å². The van der Waals surface area contributed by atoms with Gasteiger partial charge in [0.1, 0.15) is 5.82 Å². The van der Waals surface area contributed by atoms with E-state index < -0.39 is 0 Å². The molecule has 1 aromatic heterocycles. The maximum Gasteiger partial charge on any atom is 0.125 e. The average Bonchev–Trinajstić information content (AvgIpc) is 2.48. The standard InChI is InChI=1S/C16H17ClFN3/c17-14-7-12(8-15(18)9-14)11-21-6-5-20-10-16(21)13-1-3-19-4-2-13/h1-4,7-9,16,20H,5-6,10-11H2. The van der Waals surface area contributed by atoms with Crippen LogP contribution in [0.5, 0.6) is 0 Å². The molecule has 1 unspecified atom stereocenters. The summed E-state index contributed by atoms with van der Waals surface area (Å²) in [4.78, 5) is 6.41. The lowest BCUT2D eigenvalue weighted by Gasteiger charge is -2.36. The third-order valence-electron chi connectivity index (χ3n) is 3.75. The molecule has 110 valence electrons. The first kappa shape index (κ1) is 14.4. The van der Waals surface area contributed by atoms with Crippen LogP contribution in [0.2, 0.25) is 5.02 Å². The first-order valence-electron chi connectivity index (χ1n) is 7.02. The highest BCUT2D eigenvalue weighted by molar-refractivity contribution is 6.30. The Bertz CT molecular complexity index is 585. The minimum atomic E-state index is -0.284. The highest BCUT2D eigenvalue weighted by atomic mass is 35.5. The lowest BCUT2D eigenvalue weighted by atomic mass is 10.0. The van der Waals surface area contributed by atoms with E-state index >= 15 is 0 Å². The molecule has 1 aromatic carbocycles. The van der Waals surface area contributed by atoms with Crippen molar-refractivity contribution < 1.29 is 4.39 Å². The Morgan fingerprint density at radius 3 is 2.86 bits per heavy atom. The Morgan fingerprint density at radius 1 is 1.29 bits per heavy atom. The molecule has 1 N–H and O–H groups in total. The van der Waals surface area contributed by atoms with Gasteiger partial charge in [-0.3, -0.25) is 9.88 Å². The second-order valence-corrected chi connectivity index (χ2v) is 5.69. The van der Waals surface area contributed by atoms with Gasteiger partial charge >= 0.3 is 0 Å². The Labute approximate surface area is 128 Å². The minimum Gasteiger partial charge on any atom is -0.314 e. The van der Waals surface area contributed by atoms with Crippen LogP contribution in [0, 0.1) is 5.82 Å². The fourth-order valence-electron chi connectivity index (χ4n) is 2.79. The molecule has 2 aromatic rings. The van der Waals surface area contributed by atoms with Crippen LogP contribution in [0.4, 0.5) is 4.39 Å². The molecule has 0 bridgehead atoms. The van der Waals surface area contributed by atoms with E-state index in [0.717, 1.165) is 25.2 Å². The summed E-state index contributed by atoms with van der Waals surface area (Å²) in [6.07, 6.45) is 3.61. The summed E-state index contributed by atoms with van der Waals surface area (Å²) in [5.74, 6) is -0.284. The first-order valence-corrected chi connectivity index (χ1v) is 7.40. The van der Waals surface area contributed by atoms with Gasteiger partial charge in [0.2, 0.25) is 0 Å². The van der Waals surface area contributed by atoms with Crippen molar-refractivity contribution in [3.63, 3.8) is 0 Å². The molecular formula is C16H17ClFN3. The number of hydrogen-bond donors (Lipinski definition) is 1. The summed E-state index contributed by atoms with van der Waals surface area (Å²) < 4.78 is 13.5. The third kappa shape index (κ3) is 3.59. The number of nitrogens with one attached hydrogen (secondary N) is 1. The van der Waals surface area contributed by atoms with Crippen LogP contribution < -0.4 is 5.32 Å². The lowest BCUT2D eigenvalue weighted by Crippen LogP contribution is -2.45. The zero-order chi connectivity index (χ0) is 14.7. The predicted molar refractivity (Wildman–Crippen MR) is 81.7 cm³/mol. The molecule has 0 saturated carbocycles. The molecule has 3 nitrogen and oxygen atoms in total. The van der Waals surface area contributed by atoms with E-state index in [9.17, 15) is 4.39 Å². The van der Waals surface area contributed by atoms with E-state index in [1.807, 2.05) is 18.2 Å². The fourth-order valence-corrected chi connectivity index (χ4v) is 3.03. The van der Waals surface area contributed by atoms with Gasteiger partial charge < -0.3 is 5.32 Å². The number of rotatable bonds is 3. The molecule has 1 atom stereocenters. The average molecular weight is 306 g/mol.